The molecule has 34 heavy (non-hydrogen) atoms. The van der Waals surface area contributed by atoms with Gasteiger partial charge < -0.3 is 43.4 Å². The first-order chi connectivity index (χ1) is 16.0. The van der Waals surface area contributed by atoms with E-state index in [0.29, 0.717) is 12.0 Å². The van der Waals surface area contributed by atoms with Crippen molar-refractivity contribution in [2.24, 2.45) is 22.2 Å². The highest BCUT2D eigenvalue weighted by Gasteiger charge is 2.25. The molecule has 0 aliphatic heterocycles. The number of hydrogen-bond acceptors (Lipinski definition) is 8. The summed E-state index contributed by atoms with van der Waals surface area (Å²) in [5, 5.41) is 25.9. The van der Waals surface area contributed by atoms with Crippen LogP contribution < -0.4 is 33.2 Å². The predicted molar refractivity (Wildman–Crippen MR) is 128 cm³/mol. The number of aromatic hydroxyl groups is 1. The number of carboxylic acids is 1. The maximum absolute atomic E-state index is 12.7. The van der Waals surface area contributed by atoms with E-state index < -0.39 is 48.4 Å². The molecule has 1 aromatic rings. The Morgan fingerprint density at radius 1 is 1.03 bits per heavy atom. The highest BCUT2D eigenvalue weighted by Crippen LogP contribution is 2.11. The Bertz CT molecular complexity index is 877. The van der Waals surface area contributed by atoms with Gasteiger partial charge in [-0.25, -0.2) is 4.79 Å². The van der Waals surface area contributed by atoms with E-state index in [0.717, 1.165) is 0 Å². The summed E-state index contributed by atoms with van der Waals surface area (Å²) in [5.41, 5.74) is 16.7. The lowest BCUT2D eigenvalue weighted by atomic mass is 10.0. The van der Waals surface area contributed by atoms with E-state index in [2.05, 4.69) is 33.6 Å². The summed E-state index contributed by atoms with van der Waals surface area (Å²) in [5.74, 6) is -3.29. The van der Waals surface area contributed by atoms with Crippen LogP contribution in [0, 0.1) is 0 Å². The Morgan fingerprint density at radius 2 is 1.68 bits per heavy atom. The van der Waals surface area contributed by atoms with Crippen molar-refractivity contribution in [2.45, 2.75) is 37.4 Å². The summed E-state index contributed by atoms with van der Waals surface area (Å²) in [7, 11) is 0. The second-order valence-corrected chi connectivity index (χ2v) is 7.71. The third-order valence-corrected chi connectivity index (χ3v) is 4.94. The lowest BCUT2D eigenvalue weighted by Gasteiger charge is -2.21. The largest absolute Gasteiger partial charge is 0.508 e. The summed E-state index contributed by atoms with van der Waals surface area (Å²) in [6.45, 7) is -0.317. The molecule has 3 atom stereocenters. The number of nitrogens with one attached hydrogen (secondary N) is 3. The molecule has 0 aliphatic carbocycles. The number of aliphatic imine (C=N–C) groups is 1. The number of guanidine groups is 1. The molecule has 3 unspecified atom stereocenters. The zero-order valence-corrected chi connectivity index (χ0v) is 19.3. The van der Waals surface area contributed by atoms with Crippen LogP contribution >= 0.6 is 12.6 Å². The van der Waals surface area contributed by atoms with Crippen LogP contribution in [0.5, 0.6) is 5.75 Å². The fourth-order valence-electron chi connectivity index (χ4n) is 2.74. The van der Waals surface area contributed by atoms with Gasteiger partial charge in [0.2, 0.25) is 17.7 Å². The number of benzene rings is 1. The summed E-state index contributed by atoms with van der Waals surface area (Å²) in [6.07, 6.45) is 0.446. The monoisotopic (exact) mass is 497 g/mol. The molecule has 0 saturated heterocycles. The van der Waals surface area contributed by atoms with Gasteiger partial charge >= 0.3 is 5.97 Å². The minimum absolute atomic E-state index is 0.0360. The number of phenols is 1. The van der Waals surface area contributed by atoms with Crippen LogP contribution in [-0.4, -0.2) is 76.8 Å². The maximum Gasteiger partial charge on any atom is 0.326 e. The fraction of sp³-hybridized carbons (Fsp3) is 0.450. The molecule has 0 bridgehead atoms. The summed E-state index contributed by atoms with van der Waals surface area (Å²) < 4.78 is 0. The lowest BCUT2D eigenvalue weighted by molar-refractivity contribution is -0.142. The molecule has 0 fully saturated rings. The van der Waals surface area contributed by atoms with E-state index in [1.165, 1.54) is 12.1 Å². The van der Waals surface area contributed by atoms with Crippen molar-refractivity contribution < 1.29 is 29.4 Å². The van der Waals surface area contributed by atoms with Crippen LogP contribution in [0.15, 0.2) is 29.3 Å². The van der Waals surface area contributed by atoms with E-state index in [4.69, 9.17) is 17.2 Å². The number of amides is 3. The van der Waals surface area contributed by atoms with E-state index in [-0.39, 0.29) is 36.8 Å². The number of nitrogens with two attached hydrogens (primary N) is 3. The number of thiol groups is 1. The average Bonchev–Trinajstić information content (AvgIpc) is 2.79. The molecule has 0 aliphatic rings. The number of phenolic OH excluding ortho intramolecular Hbond substituents is 1. The van der Waals surface area contributed by atoms with Crippen molar-refractivity contribution in [2.75, 3.05) is 18.8 Å². The predicted octanol–water partition coefficient (Wildman–Crippen LogP) is -2.58. The molecule has 0 aromatic heterocycles. The second-order valence-electron chi connectivity index (χ2n) is 7.35. The van der Waals surface area contributed by atoms with Crippen LogP contribution in [0.25, 0.3) is 0 Å². The topological polar surface area (TPSA) is 235 Å². The Morgan fingerprint density at radius 3 is 2.24 bits per heavy atom. The molecule has 0 heterocycles. The van der Waals surface area contributed by atoms with Gasteiger partial charge in [0.15, 0.2) is 5.96 Å². The molecular formula is C20H31N7O6S. The van der Waals surface area contributed by atoms with Gasteiger partial charge in [0.1, 0.15) is 17.8 Å². The molecule has 1 rings (SSSR count). The van der Waals surface area contributed by atoms with Crippen LogP contribution in [0.3, 0.4) is 0 Å². The smallest absolute Gasteiger partial charge is 0.326 e. The third kappa shape index (κ3) is 10.9. The van der Waals surface area contributed by atoms with Crippen molar-refractivity contribution >= 4 is 42.3 Å². The number of nitrogens with zero attached hydrogens (tertiary/aromatic N) is 1. The molecule has 188 valence electrons. The van der Waals surface area contributed by atoms with Crippen molar-refractivity contribution in [3.05, 3.63) is 29.8 Å². The van der Waals surface area contributed by atoms with Gasteiger partial charge in [-0.05, 0) is 30.5 Å². The van der Waals surface area contributed by atoms with Gasteiger partial charge in [-0.3, -0.25) is 19.4 Å². The Labute approximate surface area is 201 Å². The fourth-order valence-corrected chi connectivity index (χ4v) is 2.90. The summed E-state index contributed by atoms with van der Waals surface area (Å²) in [4.78, 5) is 52.2. The molecule has 14 heteroatoms. The van der Waals surface area contributed by atoms with Crippen molar-refractivity contribution in [3.63, 3.8) is 0 Å². The highest BCUT2D eigenvalue weighted by atomic mass is 32.1. The minimum Gasteiger partial charge on any atom is -0.508 e. The Hall–Kier alpha value is -3.52. The molecule has 0 spiro atoms. The lowest BCUT2D eigenvalue weighted by Crippen LogP contribution is -2.54. The van der Waals surface area contributed by atoms with Gasteiger partial charge in [0.25, 0.3) is 0 Å². The quantitative estimate of drug-likeness (QED) is 0.0567. The molecular weight excluding hydrogens is 466 g/mol. The zero-order chi connectivity index (χ0) is 25.7. The third-order valence-electron chi connectivity index (χ3n) is 4.54. The molecule has 0 saturated carbocycles. The first-order valence-electron chi connectivity index (χ1n) is 10.3. The van der Waals surface area contributed by atoms with Crippen LogP contribution in [0.2, 0.25) is 0 Å². The van der Waals surface area contributed by atoms with Crippen molar-refractivity contribution in [1.29, 1.82) is 0 Å². The number of carbonyl (C=O) groups excluding carboxylic acids is 3. The molecule has 13 nitrogen and oxygen atoms in total. The molecule has 11 N–H and O–H groups in total. The van der Waals surface area contributed by atoms with Crippen molar-refractivity contribution in [1.82, 2.24) is 16.0 Å². The maximum atomic E-state index is 12.7. The zero-order valence-electron chi connectivity index (χ0n) is 18.4. The normalized spacial score (nSPS) is 13.1. The number of hydrogen-bond donors (Lipinski definition) is 9. The van der Waals surface area contributed by atoms with Crippen LogP contribution in [0.4, 0.5) is 0 Å². The number of carbonyl (C=O) groups is 4. The van der Waals surface area contributed by atoms with Gasteiger partial charge in [-0.1, -0.05) is 12.1 Å². The highest BCUT2D eigenvalue weighted by molar-refractivity contribution is 7.80. The van der Waals surface area contributed by atoms with Gasteiger partial charge in [0.05, 0.1) is 12.6 Å². The number of rotatable bonds is 14. The average molecular weight is 498 g/mol. The molecule has 1 aromatic carbocycles. The van der Waals surface area contributed by atoms with Crippen LogP contribution in [0.1, 0.15) is 18.4 Å². The van der Waals surface area contributed by atoms with Crippen LogP contribution in [-0.2, 0) is 25.6 Å². The van der Waals surface area contributed by atoms with E-state index in [9.17, 15) is 29.4 Å². The Balaban J connectivity index is 2.73. The Kier molecular flexibility index (Phi) is 12.2. The summed E-state index contributed by atoms with van der Waals surface area (Å²) >= 11 is 3.96. The van der Waals surface area contributed by atoms with Crippen molar-refractivity contribution in [3.8, 4) is 5.75 Å². The van der Waals surface area contributed by atoms with Gasteiger partial charge in [-0.15, -0.1) is 0 Å². The summed E-state index contributed by atoms with van der Waals surface area (Å²) in [6, 6.07) is 2.79. The second kappa shape index (κ2) is 14.6. The number of aliphatic carboxylic acids is 1. The van der Waals surface area contributed by atoms with E-state index >= 15 is 0 Å². The SMILES string of the molecule is NC(N)=NCCCC(NC(=O)CNC(=O)C(Cc1ccc(O)cc1)NC(=O)C(N)CS)C(=O)O. The van der Waals surface area contributed by atoms with Gasteiger partial charge in [-0.2, -0.15) is 12.6 Å². The number of carboxylic acid groups (broad SMARTS) is 1. The molecule has 3 amide bonds. The standard InChI is InChI=1S/C20H31N7O6S/c21-13(10-34)17(30)27-15(8-11-3-5-12(28)6-4-11)18(31)25-9-16(29)26-14(19(32)33)2-1-7-24-20(22)23/h3-6,13-15,28,34H,1-2,7-10,21H2,(H,25,31)(H,26,29)(H,27,30)(H,32,33)(H4,22,23,24). The first kappa shape index (κ1) is 28.5. The minimum atomic E-state index is -1.25. The van der Waals surface area contributed by atoms with E-state index in [1.54, 1.807) is 12.1 Å². The van der Waals surface area contributed by atoms with Gasteiger partial charge in [0, 0.05) is 18.7 Å². The molecule has 0 radical (unpaired) electrons. The first-order valence-corrected chi connectivity index (χ1v) is 11.0. The van der Waals surface area contributed by atoms with E-state index in [1.807, 2.05) is 0 Å².